The molecule has 0 spiro atoms. The fourth-order valence-electron chi connectivity index (χ4n) is 2.45. The Bertz CT molecular complexity index is 708. The largest absolute Gasteiger partial charge is 1.00 e. The summed E-state index contributed by atoms with van der Waals surface area (Å²) in [5, 5.41) is 0. The van der Waals surface area contributed by atoms with Crippen molar-refractivity contribution in [3.8, 4) is 0 Å². The molecule has 0 atom stereocenters. The Morgan fingerprint density at radius 2 is 1.90 bits per heavy atom. The van der Waals surface area contributed by atoms with Crippen LogP contribution >= 0.6 is 0 Å². The number of nitrogens with zero attached hydrogens (tertiary/aromatic N) is 4. The topological polar surface area (TPSA) is 57.9 Å². The zero-order chi connectivity index (χ0) is 14.1. The first-order valence-electron chi connectivity index (χ1n) is 6.61. The number of aldehydes is 1. The number of pyridine rings is 1. The first-order valence-corrected chi connectivity index (χ1v) is 6.61. The van der Waals surface area contributed by atoms with Crippen molar-refractivity contribution in [2.45, 2.75) is 0 Å². The Morgan fingerprint density at radius 1 is 1.19 bits per heavy atom. The van der Waals surface area contributed by atoms with Crippen LogP contribution in [0.5, 0.6) is 0 Å². The fraction of sp³-hybridized carbons (Fsp3) is 0.357. The molecule has 3 heterocycles. The quantitative estimate of drug-likeness (QED) is 0.564. The Morgan fingerprint density at radius 3 is 2.57 bits per heavy atom. The maximum Gasteiger partial charge on any atom is 0.270 e. The van der Waals surface area contributed by atoms with E-state index in [4.69, 9.17) is 0 Å². The van der Waals surface area contributed by atoms with Crippen LogP contribution in [0.4, 0.5) is 5.82 Å². The van der Waals surface area contributed by atoms with Gasteiger partial charge in [0, 0.05) is 32.4 Å². The van der Waals surface area contributed by atoms with Gasteiger partial charge in [-0.15, -0.1) is 0 Å². The number of rotatable bonds is 2. The van der Waals surface area contributed by atoms with Gasteiger partial charge in [0.05, 0.1) is 0 Å². The average molecular weight is 308 g/mol. The summed E-state index contributed by atoms with van der Waals surface area (Å²) in [6.45, 7) is 3.34. The molecule has 21 heavy (non-hydrogen) atoms. The molecule has 1 fully saturated rings. The van der Waals surface area contributed by atoms with Crippen LogP contribution in [0.2, 0.25) is 0 Å². The van der Waals surface area contributed by atoms with Crippen molar-refractivity contribution in [3.05, 3.63) is 40.3 Å². The lowest BCUT2D eigenvalue weighted by molar-refractivity contribution is -0.0000107. The van der Waals surface area contributed by atoms with Gasteiger partial charge < -0.3 is 22.2 Å². The van der Waals surface area contributed by atoms with E-state index < -0.39 is 0 Å². The molecular weight excluding hydrogens is 292 g/mol. The number of piperazine rings is 1. The highest BCUT2D eigenvalue weighted by Gasteiger charge is 2.21. The van der Waals surface area contributed by atoms with Crippen LogP contribution < -0.4 is 22.9 Å². The van der Waals surface area contributed by atoms with Gasteiger partial charge in [-0.05, 0) is 19.2 Å². The zero-order valence-electron chi connectivity index (χ0n) is 11.7. The molecule has 0 aliphatic carbocycles. The molecule has 6 nitrogen and oxygen atoms in total. The highest BCUT2D eigenvalue weighted by Crippen LogP contribution is 2.16. The van der Waals surface area contributed by atoms with E-state index in [-0.39, 0.29) is 23.5 Å². The molecule has 1 aliphatic heterocycles. The number of anilines is 1. The molecule has 3 rings (SSSR count). The molecule has 0 radical (unpaired) electrons. The van der Waals surface area contributed by atoms with Gasteiger partial charge in [0.15, 0.2) is 6.29 Å². The van der Waals surface area contributed by atoms with Crippen molar-refractivity contribution >= 4 is 17.8 Å². The average Bonchev–Trinajstić information content (AvgIpc) is 2.48. The first kappa shape index (κ1) is 15.5. The van der Waals surface area contributed by atoms with Crippen molar-refractivity contribution in [2.75, 3.05) is 38.1 Å². The molecule has 0 unspecified atom stereocenters. The van der Waals surface area contributed by atoms with Crippen LogP contribution in [-0.4, -0.2) is 53.8 Å². The van der Waals surface area contributed by atoms with Crippen LogP contribution in [0.25, 0.3) is 5.65 Å². The molecule has 0 aromatic carbocycles. The standard InChI is InChI=1S/C14H16N4O2.ClH/c1-16-6-8-17(9-7-16)13-11(10-19)14(20)18-5-3-2-4-12(18)15-13;/h2-5,10H,6-9H2,1H3;1H/p-1. The van der Waals surface area contributed by atoms with Crippen molar-refractivity contribution in [3.63, 3.8) is 0 Å². The third-order valence-electron chi connectivity index (χ3n) is 3.67. The van der Waals surface area contributed by atoms with Crippen LogP contribution in [0.15, 0.2) is 29.2 Å². The molecule has 7 heteroatoms. The third-order valence-corrected chi connectivity index (χ3v) is 3.67. The summed E-state index contributed by atoms with van der Waals surface area (Å²) >= 11 is 0. The predicted octanol–water partition coefficient (Wildman–Crippen LogP) is -2.74. The lowest BCUT2D eigenvalue weighted by Gasteiger charge is -2.33. The Hall–Kier alpha value is -1.92. The predicted molar refractivity (Wildman–Crippen MR) is 76.6 cm³/mol. The molecule has 0 bridgehead atoms. The van der Waals surface area contributed by atoms with Crippen LogP contribution in [-0.2, 0) is 0 Å². The van der Waals surface area contributed by atoms with Gasteiger partial charge >= 0.3 is 0 Å². The summed E-state index contributed by atoms with van der Waals surface area (Å²) in [6.07, 6.45) is 2.24. The lowest BCUT2D eigenvalue weighted by atomic mass is 10.2. The van der Waals surface area contributed by atoms with Gasteiger partial charge in [-0.2, -0.15) is 0 Å². The molecule has 2 aromatic rings. The molecule has 2 aromatic heterocycles. The van der Waals surface area contributed by atoms with E-state index >= 15 is 0 Å². The Balaban J connectivity index is 0.00000161. The Kier molecular flexibility index (Phi) is 4.59. The SMILES string of the molecule is CN1CCN(c2nc3ccccn3c(=O)c2C=O)CC1.[Cl-]. The summed E-state index contributed by atoms with van der Waals surface area (Å²) in [7, 11) is 2.06. The van der Waals surface area contributed by atoms with E-state index in [1.165, 1.54) is 4.40 Å². The molecule has 0 N–H and O–H groups in total. The lowest BCUT2D eigenvalue weighted by Crippen LogP contribution is -3.00. The minimum absolute atomic E-state index is 0. The smallest absolute Gasteiger partial charge is 0.270 e. The van der Waals surface area contributed by atoms with E-state index in [0.717, 1.165) is 26.2 Å². The number of hydrogen-bond donors (Lipinski definition) is 0. The summed E-state index contributed by atoms with van der Waals surface area (Å²) in [4.78, 5) is 32.4. The second kappa shape index (κ2) is 6.24. The second-order valence-corrected chi connectivity index (χ2v) is 4.99. The van der Waals surface area contributed by atoms with Crippen LogP contribution in [0, 0.1) is 0 Å². The number of likely N-dealkylation sites (N-methyl/N-ethyl adjacent to an activating group) is 1. The van der Waals surface area contributed by atoms with Crippen molar-refractivity contribution in [2.24, 2.45) is 0 Å². The van der Waals surface area contributed by atoms with Gasteiger partial charge in [-0.1, -0.05) is 6.07 Å². The number of aromatic nitrogens is 2. The number of carbonyl (C=O) groups is 1. The highest BCUT2D eigenvalue weighted by molar-refractivity contribution is 5.83. The highest BCUT2D eigenvalue weighted by atomic mass is 35.5. The summed E-state index contributed by atoms with van der Waals surface area (Å²) in [5.74, 6) is 0.504. The molecule has 1 saturated heterocycles. The Labute approximate surface area is 128 Å². The van der Waals surface area contributed by atoms with Crippen molar-refractivity contribution < 1.29 is 17.2 Å². The number of halogens is 1. The summed E-state index contributed by atoms with van der Waals surface area (Å²) in [5.41, 5.74) is 0.398. The van der Waals surface area contributed by atoms with Gasteiger partial charge in [0.1, 0.15) is 17.0 Å². The minimum Gasteiger partial charge on any atom is -1.00 e. The van der Waals surface area contributed by atoms with Gasteiger partial charge in [-0.3, -0.25) is 14.0 Å². The number of fused-ring (bicyclic) bond motifs is 1. The van der Waals surface area contributed by atoms with Gasteiger partial charge in [-0.25, -0.2) is 4.98 Å². The van der Waals surface area contributed by atoms with E-state index in [9.17, 15) is 9.59 Å². The van der Waals surface area contributed by atoms with Crippen LogP contribution in [0.3, 0.4) is 0 Å². The summed E-state index contributed by atoms with van der Waals surface area (Å²) in [6, 6.07) is 5.35. The van der Waals surface area contributed by atoms with Gasteiger partial charge in [0.2, 0.25) is 0 Å². The number of hydrogen-bond acceptors (Lipinski definition) is 5. The zero-order valence-corrected chi connectivity index (χ0v) is 12.5. The van der Waals surface area contributed by atoms with E-state index in [2.05, 4.69) is 16.9 Å². The molecule has 0 amide bonds. The summed E-state index contributed by atoms with van der Waals surface area (Å²) < 4.78 is 1.41. The third kappa shape index (κ3) is 2.77. The normalized spacial score (nSPS) is 15.8. The molecule has 0 saturated carbocycles. The van der Waals surface area contributed by atoms with Gasteiger partial charge in [0.25, 0.3) is 5.56 Å². The minimum atomic E-state index is -0.306. The van der Waals surface area contributed by atoms with Crippen LogP contribution in [0.1, 0.15) is 10.4 Å². The van der Waals surface area contributed by atoms with Crippen molar-refractivity contribution in [1.82, 2.24) is 14.3 Å². The monoisotopic (exact) mass is 307 g/mol. The maximum absolute atomic E-state index is 12.3. The molecular formula is C14H16ClN4O2-. The van der Waals surface area contributed by atoms with E-state index in [0.29, 0.717) is 17.8 Å². The fourth-order valence-corrected chi connectivity index (χ4v) is 2.45. The number of carbonyl (C=O) groups excluding carboxylic acids is 1. The van der Waals surface area contributed by atoms with Crippen molar-refractivity contribution in [1.29, 1.82) is 0 Å². The first-order chi connectivity index (χ1) is 9.70. The molecule has 112 valence electrons. The second-order valence-electron chi connectivity index (χ2n) is 4.99. The molecule has 1 aliphatic rings. The maximum atomic E-state index is 12.3. The van der Waals surface area contributed by atoms with E-state index in [1.807, 2.05) is 11.0 Å². The van der Waals surface area contributed by atoms with E-state index in [1.54, 1.807) is 18.3 Å².